The molecule has 2 aromatic carbocycles. The minimum absolute atomic E-state index is 0.351. The number of hydrogen-bond donors (Lipinski definition) is 1. The van der Waals surface area contributed by atoms with E-state index in [0.29, 0.717) is 4.47 Å². The maximum Gasteiger partial charge on any atom is 0.295 e. The molecular weight excluding hydrogens is 350 g/mol. The summed E-state index contributed by atoms with van der Waals surface area (Å²) in [6.07, 6.45) is 0. The predicted molar refractivity (Wildman–Crippen MR) is 75.1 cm³/mol. The Morgan fingerprint density at radius 3 is 2.52 bits per heavy atom. The van der Waals surface area contributed by atoms with Gasteiger partial charge in [0, 0.05) is 10.5 Å². The number of hydrogen-bond acceptors (Lipinski definition) is 3. The Hall–Kier alpha value is -2.35. The van der Waals surface area contributed by atoms with Gasteiger partial charge in [-0.3, -0.25) is 14.9 Å². The molecule has 0 aliphatic carbocycles. The number of nitro groups is 1. The maximum atomic E-state index is 13.6. The lowest BCUT2D eigenvalue weighted by Crippen LogP contribution is -2.16. The zero-order valence-electron chi connectivity index (χ0n) is 10.3. The van der Waals surface area contributed by atoms with E-state index in [-0.39, 0.29) is 5.56 Å². The third-order valence-corrected chi connectivity index (χ3v) is 3.10. The van der Waals surface area contributed by atoms with Gasteiger partial charge in [0.15, 0.2) is 11.5 Å². The van der Waals surface area contributed by atoms with Crippen molar-refractivity contribution in [2.24, 2.45) is 0 Å². The summed E-state index contributed by atoms with van der Waals surface area (Å²) in [7, 11) is 0. The lowest BCUT2D eigenvalue weighted by Gasteiger charge is -2.08. The Morgan fingerprint density at radius 1 is 1.19 bits per heavy atom. The summed E-state index contributed by atoms with van der Waals surface area (Å²) >= 11 is 3.03. The van der Waals surface area contributed by atoms with Crippen LogP contribution in [0.4, 0.5) is 20.2 Å². The highest BCUT2D eigenvalue weighted by molar-refractivity contribution is 9.10. The lowest BCUT2D eigenvalue weighted by molar-refractivity contribution is -0.384. The SMILES string of the molecule is O=C(Nc1c(F)cccc1[N+](=O)[O-])c1ccc(Br)cc1F. The molecule has 0 atom stereocenters. The number of rotatable bonds is 3. The van der Waals surface area contributed by atoms with Crippen LogP contribution in [-0.2, 0) is 0 Å². The first-order chi connectivity index (χ1) is 9.90. The molecule has 0 aliphatic heterocycles. The van der Waals surface area contributed by atoms with Crippen molar-refractivity contribution in [1.29, 1.82) is 0 Å². The number of nitrogens with zero attached hydrogens (tertiary/aromatic N) is 1. The lowest BCUT2D eigenvalue weighted by atomic mass is 10.2. The number of halogens is 3. The minimum Gasteiger partial charge on any atom is -0.314 e. The second kappa shape index (κ2) is 5.96. The van der Waals surface area contributed by atoms with E-state index >= 15 is 0 Å². The first-order valence-electron chi connectivity index (χ1n) is 5.59. The normalized spacial score (nSPS) is 10.2. The highest BCUT2D eigenvalue weighted by Crippen LogP contribution is 2.28. The summed E-state index contributed by atoms with van der Waals surface area (Å²) in [6, 6.07) is 6.81. The third kappa shape index (κ3) is 3.22. The van der Waals surface area contributed by atoms with Crippen molar-refractivity contribution in [2.75, 3.05) is 5.32 Å². The molecule has 0 saturated heterocycles. The van der Waals surface area contributed by atoms with Crippen LogP contribution in [0.25, 0.3) is 0 Å². The molecule has 8 heteroatoms. The van der Waals surface area contributed by atoms with Crippen LogP contribution in [0.3, 0.4) is 0 Å². The molecule has 0 heterocycles. The molecule has 0 aromatic heterocycles. The Labute approximate surface area is 125 Å². The number of carbonyl (C=O) groups is 1. The average molecular weight is 357 g/mol. The fraction of sp³-hybridized carbons (Fsp3) is 0. The number of nitro benzene ring substituents is 1. The van der Waals surface area contributed by atoms with Gasteiger partial charge in [-0.05, 0) is 24.3 Å². The first kappa shape index (κ1) is 15.0. The Kier molecular flexibility index (Phi) is 4.27. The van der Waals surface area contributed by atoms with Gasteiger partial charge in [-0.15, -0.1) is 0 Å². The second-order valence-corrected chi connectivity index (χ2v) is 4.89. The number of para-hydroxylation sites is 1. The Balaban J connectivity index is 2.38. The molecular formula is C13H7BrF2N2O3. The average Bonchev–Trinajstić information content (AvgIpc) is 2.40. The standard InChI is InChI=1S/C13H7BrF2N2O3/c14-7-4-5-8(10(16)6-7)13(19)17-12-9(15)2-1-3-11(12)18(20)21/h1-6H,(H,17,19). The molecule has 1 N–H and O–H groups in total. The zero-order chi connectivity index (χ0) is 15.6. The van der Waals surface area contributed by atoms with Gasteiger partial charge in [0.2, 0.25) is 0 Å². The van der Waals surface area contributed by atoms with Crippen LogP contribution in [0, 0.1) is 21.7 Å². The summed E-state index contributed by atoms with van der Waals surface area (Å²) in [5.74, 6) is -2.79. The molecule has 2 rings (SSSR count). The zero-order valence-corrected chi connectivity index (χ0v) is 11.9. The van der Waals surface area contributed by atoms with E-state index in [2.05, 4.69) is 15.9 Å². The van der Waals surface area contributed by atoms with Gasteiger partial charge in [0.05, 0.1) is 10.5 Å². The van der Waals surface area contributed by atoms with Crippen LogP contribution in [0.1, 0.15) is 10.4 Å². The number of carbonyl (C=O) groups excluding carboxylic acids is 1. The van der Waals surface area contributed by atoms with Gasteiger partial charge >= 0.3 is 0 Å². The van der Waals surface area contributed by atoms with Crippen molar-refractivity contribution in [2.45, 2.75) is 0 Å². The molecule has 0 bridgehead atoms. The Bertz CT molecular complexity index is 737. The van der Waals surface area contributed by atoms with Crippen LogP contribution in [0.5, 0.6) is 0 Å². The number of nitrogens with one attached hydrogen (secondary N) is 1. The van der Waals surface area contributed by atoms with Crippen molar-refractivity contribution in [1.82, 2.24) is 0 Å². The molecule has 0 aliphatic rings. The van der Waals surface area contributed by atoms with E-state index in [4.69, 9.17) is 0 Å². The molecule has 21 heavy (non-hydrogen) atoms. The molecule has 2 aromatic rings. The number of amides is 1. The van der Waals surface area contributed by atoms with Crippen LogP contribution in [0.15, 0.2) is 40.9 Å². The third-order valence-electron chi connectivity index (χ3n) is 2.60. The monoisotopic (exact) mass is 356 g/mol. The van der Waals surface area contributed by atoms with Crippen LogP contribution in [0.2, 0.25) is 0 Å². The van der Waals surface area contributed by atoms with Crippen molar-refractivity contribution in [3.63, 3.8) is 0 Å². The van der Waals surface area contributed by atoms with Gasteiger partial charge in [0.25, 0.3) is 11.6 Å². The molecule has 1 amide bonds. The van der Waals surface area contributed by atoms with E-state index in [9.17, 15) is 23.7 Å². The predicted octanol–water partition coefficient (Wildman–Crippen LogP) is 3.89. The second-order valence-electron chi connectivity index (χ2n) is 3.97. The van der Waals surface area contributed by atoms with Crippen LogP contribution < -0.4 is 5.32 Å². The highest BCUT2D eigenvalue weighted by Gasteiger charge is 2.21. The summed E-state index contributed by atoms with van der Waals surface area (Å²) in [5, 5.41) is 12.8. The van der Waals surface area contributed by atoms with Gasteiger partial charge in [-0.25, -0.2) is 8.78 Å². The fourth-order valence-corrected chi connectivity index (χ4v) is 1.98. The van der Waals surface area contributed by atoms with Gasteiger partial charge in [-0.1, -0.05) is 22.0 Å². The van der Waals surface area contributed by atoms with Crippen molar-refractivity contribution in [3.8, 4) is 0 Å². The maximum absolute atomic E-state index is 13.6. The van der Waals surface area contributed by atoms with Crippen LogP contribution >= 0.6 is 15.9 Å². The smallest absolute Gasteiger partial charge is 0.295 e. The molecule has 0 spiro atoms. The molecule has 5 nitrogen and oxygen atoms in total. The van der Waals surface area contributed by atoms with Crippen molar-refractivity contribution >= 4 is 33.2 Å². The molecule has 0 radical (unpaired) electrons. The topological polar surface area (TPSA) is 72.2 Å². The van der Waals surface area contributed by atoms with Crippen molar-refractivity contribution < 1.29 is 18.5 Å². The fourth-order valence-electron chi connectivity index (χ4n) is 1.64. The number of benzene rings is 2. The Morgan fingerprint density at radius 2 is 1.90 bits per heavy atom. The first-order valence-corrected chi connectivity index (χ1v) is 6.38. The summed E-state index contributed by atoms with van der Waals surface area (Å²) in [4.78, 5) is 21.9. The quantitative estimate of drug-likeness (QED) is 0.669. The highest BCUT2D eigenvalue weighted by atomic mass is 79.9. The van der Waals surface area contributed by atoms with Gasteiger partial charge < -0.3 is 5.32 Å². The van der Waals surface area contributed by atoms with E-state index in [0.717, 1.165) is 24.3 Å². The van der Waals surface area contributed by atoms with Crippen molar-refractivity contribution in [3.05, 3.63) is 68.2 Å². The molecule has 0 fully saturated rings. The summed E-state index contributed by atoms with van der Waals surface area (Å²) < 4.78 is 27.7. The van der Waals surface area contributed by atoms with E-state index in [1.807, 2.05) is 5.32 Å². The minimum atomic E-state index is -0.979. The van der Waals surface area contributed by atoms with Gasteiger partial charge in [0.1, 0.15) is 5.82 Å². The van der Waals surface area contributed by atoms with E-state index in [1.54, 1.807) is 0 Å². The number of anilines is 1. The van der Waals surface area contributed by atoms with E-state index < -0.39 is 33.8 Å². The molecule has 0 unspecified atom stereocenters. The summed E-state index contributed by atoms with van der Waals surface area (Å²) in [6.45, 7) is 0. The largest absolute Gasteiger partial charge is 0.314 e. The van der Waals surface area contributed by atoms with E-state index in [1.165, 1.54) is 12.1 Å². The molecule has 108 valence electrons. The van der Waals surface area contributed by atoms with Crippen LogP contribution in [-0.4, -0.2) is 10.8 Å². The van der Waals surface area contributed by atoms with Gasteiger partial charge in [-0.2, -0.15) is 0 Å². The molecule has 0 saturated carbocycles. The summed E-state index contributed by atoms with van der Waals surface area (Å²) in [5.41, 5.74) is -1.56.